The maximum Gasteiger partial charge on any atom is 0.427 e. The van der Waals surface area contributed by atoms with E-state index in [0.29, 0.717) is 18.4 Å². The molecule has 4 aliphatic carbocycles. The molecule has 4 nitrogen and oxygen atoms in total. The number of rotatable bonds is 2. The van der Waals surface area contributed by atoms with Gasteiger partial charge in [-0.3, -0.25) is 0 Å². The summed E-state index contributed by atoms with van der Waals surface area (Å²) < 4.78 is 4.83. The van der Waals surface area contributed by atoms with Crippen LogP contribution >= 0.6 is 0 Å². The lowest BCUT2D eigenvalue weighted by molar-refractivity contribution is 0.107. The van der Waals surface area contributed by atoms with Crippen LogP contribution in [0.1, 0.15) is 39.0 Å². The van der Waals surface area contributed by atoms with Crippen molar-refractivity contribution in [1.82, 2.24) is 5.43 Å². The molecule has 17 heavy (non-hydrogen) atoms. The van der Waals surface area contributed by atoms with Crippen LogP contribution in [0.25, 0.3) is 0 Å². The molecule has 0 spiro atoms. The molecule has 4 bridgehead atoms. The highest BCUT2D eigenvalue weighted by Gasteiger charge is 2.46. The van der Waals surface area contributed by atoms with Crippen molar-refractivity contribution in [1.29, 1.82) is 0 Å². The molecule has 0 aromatic rings. The van der Waals surface area contributed by atoms with Gasteiger partial charge in [0.2, 0.25) is 0 Å². The Morgan fingerprint density at radius 2 is 1.82 bits per heavy atom. The molecule has 4 fully saturated rings. The van der Waals surface area contributed by atoms with Crippen molar-refractivity contribution in [2.45, 2.75) is 39.0 Å². The molecule has 0 unspecified atom stereocenters. The fourth-order valence-corrected chi connectivity index (χ4v) is 4.12. The van der Waals surface area contributed by atoms with Crippen molar-refractivity contribution >= 4 is 11.8 Å². The number of nitrogens with one attached hydrogen (secondary N) is 1. The predicted molar refractivity (Wildman–Crippen MR) is 64.6 cm³/mol. The Labute approximate surface area is 102 Å². The van der Waals surface area contributed by atoms with Crippen LogP contribution < -0.4 is 5.43 Å². The lowest BCUT2D eigenvalue weighted by Gasteiger charge is -2.50. The number of ether oxygens (including phenoxy) is 1. The molecule has 1 N–H and O–H groups in total. The summed E-state index contributed by atoms with van der Waals surface area (Å²) in [5.41, 5.74) is 3.78. The fraction of sp³-hybridized carbons (Fsp3) is 0.846. The van der Waals surface area contributed by atoms with Gasteiger partial charge in [-0.25, -0.2) is 10.2 Å². The van der Waals surface area contributed by atoms with E-state index in [9.17, 15) is 4.79 Å². The van der Waals surface area contributed by atoms with Gasteiger partial charge in [0.05, 0.1) is 6.61 Å². The maximum absolute atomic E-state index is 11.2. The molecule has 4 heteroatoms. The van der Waals surface area contributed by atoms with E-state index in [0.717, 1.165) is 11.8 Å². The fourth-order valence-electron chi connectivity index (χ4n) is 4.12. The average molecular weight is 236 g/mol. The third-order valence-corrected chi connectivity index (χ3v) is 4.53. The number of nitrogens with zero attached hydrogens (tertiary/aromatic N) is 1. The smallest absolute Gasteiger partial charge is 0.427 e. The Kier molecular flexibility index (Phi) is 2.81. The van der Waals surface area contributed by atoms with Gasteiger partial charge in [-0.1, -0.05) is 0 Å². The Bertz CT molecular complexity index is 321. The van der Waals surface area contributed by atoms with E-state index >= 15 is 0 Å². The van der Waals surface area contributed by atoms with Crippen LogP contribution in [-0.4, -0.2) is 18.4 Å². The zero-order valence-corrected chi connectivity index (χ0v) is 10.3. The number of hydrogen-bond acceptors (Lipinski definition) is 3. The van der Waals surface area contributed by atoms with E-state index < -0.39 is 6.09 Å². The summed E-state index contributed by atoms with van der Waals surface area (Å²) in [4.78, 5) is 11.2. The molecule has 0 radical (unpaired) electrons. The Balaban J connectivity index is 1.67. The Morgan fingerprint density at radius 1 is 1.24 bits per heavy atom. The van der Waals surface area contributed by atoms with Crippen molar-refractivity contribution < 1.29 is 9.53 Å². The van der Waals surface area contributed by atoms with E-state index in [-0.39, 0.29) is 0 Å². The van der Waals surface area contributed by atoms with E-state index in [1.54, 1.807) is 6.92 Å². The second-order valence-electron chi connectivity index (χ2n) is 5.67. The van der Waals surface area contributed by atoms with E-state index in [1.807, 2.05) is 0 Å². The highest BCUT2D eigenvalue weighted by Crippen LogP contribution is 2.52. The minimum absolute atomic E-state index is 0.397. The molecule has 94 valence electrons. The van der Waals surface area contributed by atoms with Gasteiger partial charge in [0.1, 0.15) is 0 Å². The van der Waals surface area contributed by atoms with E-state index in [1.165, 1.54) is 37.8 Å². The molecule has 0 aromatic carbocycles. The third kappa shape index (κ3) is 2.05. The normalized spacial score (nSPS) is 38.1. The molecule has 1 amide bonds. The number of carbonyl (C=O) groups is 1. The molecule has 4 saturated carbocycles. The lowest BCUT2D eigenvalue weighted by atomic mass is 9.55. The molecule has 0 saturated heterocycles. The molecule has 4 rings (SSSR count). The largest absolute Gasteiger partial charge is 0.449 e. The summed E-state index contributed by atoms with van der Waals surface area (Å²) in [6.45, 7) is 2.20. The highest BCUT2D eigenvalue weighted by molar-refractivity contribution is 5.91. The van der Waals surface area contributed by atoms with Crippen LogP contribution in [-0.2, 0) is 4.74 Å². The summed E-state index contributed by atoms with van der Waals surface area (Å²) in [6, 6.07) is 0. The quantitative estimate of drug-likeness (QED) is 0.749. The maximum atomic E-state index is 11.2. The number of carbonyl (C=O) groups excluding carboxylic acids is 1. The Morgan fingerprint density at radius 3 is 2.35 bits per heavy atom. The van der Waals surface area contributed by atoms with Gasteiger partial charge in [0.25, 0.3) is 0 Å². The van der Waals surface area contributed by atoms with Gasteiger partial charge >= 0.3 is 6.09 Å². The first-order valence-corrected chi connectivity index (χ1v) is 6.76. The van der Waals surface area contributed by atoms with Gasteiger partial charge in [-0.2, -0.15) is 5.10 Å². The minimum atomic E-state index is -0.422. The zero-order chi connectivity index (χ0) is 11.8. The number of amides is 1. The molecule has 4 aliphatic rings. The van der Waals surface area contributed by atoms with Gasteiger partial charge in [0.15, 0.2) is 0 Å². The molecule has 0 heterocycles. The van der Waals surface area contributed by atoms with Gasteiger partial charge < -0.3 is 4.74 Å². The summed E-state index contributed by atoms with van der Waals surface area (Å²) in [6.07, 6.45) is 6.17. The summed E-state index contributed by atoms with van der Waals surface area (Å²) in [7, 11) is 0. The van der Waals surface area contributed by atoms with Gasteiger partial charge in [0, 0.05) is 5.71 Å². The number of hydrazone groups is 1. The van der Waals surface area contributed by atoms with Crippen LogP contribution in [0.2, 0.25) is 0 Å². The van der Waals surface area contributed by atoms with Gasteiger partial charge in [-0.15, -0.1) is 0 Å². The summed E-state index contributed by atoms with van der Waals surface area (Å²) >= 11 is 0. The SMILES string of the molecule is CCOC(=O)NN=C1C2CC3CC(C2)CC1C3. The summed E-state index contributed by atoms with van der Waals surface area (Å²) in [5.74, 6) is 3.12. The molecule has 0 aliphatic heterocycles. The van der Waals surface area contributed by atoms with E-state index in [4.69, 9.17) is 4.74 Å². The average Bonchev–Trinajstić information content (AvgIpc) is 2.27. The lowest BCUT2D eigenvalue weighted by Crippen LogP contribution is -2.46. The zero-order valence-electron chi connectivity index (χ0n) is 10.3. The first kappa shape index (κ1) is 11.1. The second kappa shape index (κ2) is 4.31. The number of hydrogen-bond donors (Lipinski definition) is 1. The monoisotopic (exact) mass is 236 g/mol. The van der Waals surface area contributed by atoms with Crippen LogP contribution in [0, 0.1) is 23.7 Å². The third-order valence-electron chi connectivity index (χ3n) is 4.53. The van der Waals surface area contributed by atoms with Gasteiger partial charge in [-0.05, 0) is 62.7 Å². The minimum Gasteiger partial charge on any atom is -0.449 e. The topological polar surface area (TPSA) is 50.7 Å². The first-order chi connectivity index (χ1) is 8.26. The van der Waals surface area contributed by atoms with Crippen molar-refractivity contribution in [3.8, 4) is 0 Å². The highest BCUT2D eigenvalue weighted by atomic mass is 16.5. The van der Waals surface area contributed by atoms with Crippen LogP contribution in [0.4, 0.5) is 4.79 Å². The summed E-state index contributed by atoms with van der Waals surface area (Å²) in [5, 5.41) is 4.33. The molecular weight excluding hydrogens is 216 g/mol. The molecule has 0 aromatic heterocycles. The Hall–Kier alpha value is -1.06. The molecular formula is C13H20N2O2. The second-order valence-corrected chi connectivity index (χ2v) is 5.67. The van der Waals surface area contributed by atoms with Crippen molar-refractivity contribution in [3.05, 3.63) is 0 Å². The van der Waals surface area contributed by atoms with Crippen LogP contribution in [0.15, 0.2) is 5.10 Å². The first-order valence-electron chi connectivity index (χ1n) is 6.76. The van der Waals surface area contributed by atoms with Crippen LogP contribution in [0.3, 0.4) is 0 Å². The van der Waals surface area contributed by atoms with Crippen LogP contribution in [0.5, 0.6) is 0 Å². The van der Waals surface area contributed by atoms with Crippen molar-refractivity contribution in [2.24, 2.45) is 28.8 Å². The van der Waals surface area contributed by atoms with Crippen molar-refractivity contribution in [3.63, 3.8) is 0 Å². The standard InChI is InChI=1S/C13H20N2O2/c1-2-17-13(16)15-14-12-10-4-8-3-9(6-10)7-11(12)5-8/h8-11H,2-7H2,1H3,(H,15,16). The predicted octanol–water partition coefficient (Wildman–Crippen LogP) is 2.54. The molecule has 0 atom stereocenters. The van der Waals surface area contributed by atoms with Crippen molar-refractivity contribution in [2.75, 3.05) is 6.61 Å². The van der Waals surface area contributed by atoms with E-state index in [2.05, 4.69) is 10.5 Å².